The van der Waals surface area contributed by atoms with Gasteiger partial charge < -0.3 is 24.4 Å². The molecule has 116 heavy (non-hydrogen) atoms. The normalized spacial score (nSPS) is 11.1. The van der Waals surface area contributed by atoms with E-state index in [4.69, 9.17) is 24.4 Å². The number of aryl methyl sites for hydroxylation is 2. The van der Waals surface area contributed by atoms with E-state index in [1.54, 1.807) is 12.1 Å². The third-order valence-corrected chi connectivity index (χ3v) is 22.2. The number of para-hydroxylation sites is 1. The maximum atomic E-state index is 13.6. The van der Waals surface area contributed by atoms with E-state index in [0.29, 0.717) is 0 Å². The molecule has 0 atom stereocenters. The third-order valence-electron chi connectivity index (χ3n) is 21.1. The molecule has 558 valence electrons. The first-order valence-corrected chi connectivity index (χ1v) is 38.6. The Morgan fingerprint density at radius 1 is 0.259 bits per heavy atom. The molecule has 20 aromatic rings. The fourth-order valence-electron chi connectivity index (χ4n) is 15.7. The zero-order chi connectivity index (χ0) is 76.6. The van der Waals surface area contributed by atoms with Gasteiger partial charge in [0, 0.05) is 119 Å². The summed E-state index contributed by atoms with van der Waals surface area (Å²) < 4.78 is 36.0. The summed E-state index contributed by atoms with van der Waals surface area (Å²) in [6.07, 6.45) is 7.80. The second-order valence-electron chi connectivity index (χ2n) is 28.5. The van der Waals surface area contributed by atoms with Gasteiger partial charge in [-0.05, 0) is 190 Å². The number of rotatable bonds is 14. The maximum absolute atomic E-state index is 13.6. The van der Waals surface area contributed by atoms with Gasteiger partial charge in [-0.2, -0.15) is 0 Å². The Kier molecular flexibility index (Phi) is 21.6. The molecule has 5 nitrogen and oxygen atoms in total. The predicted molar refractivity (Wildman–Crippen MR) is 465 cm³/mol. The van der Waals surface area contributed by atoms with Crippen LogP contribution < -0.4 is 0 Å². The second-order valence-corrected chi connectivity index (χ2v) is 29.5. The Hall–Kier alpha value is -13.1. The van der Waals surface area contributed by atoms with Crippen molar-refractivity contribution in [3.8, 4) is 156 Å². The van der Waals surface area contributed by atoms with Crippen LogP contribution in [0.1, 0.15) is 11.1 Å². The molecule has 0 saturated heterocycles. The second kappa shape index (κ2) is 33.1. The molecular weight excluding hydrogens is 1800 g/mol. The molecule has 20 rings (SSSR count). The number of halogens is 2. The molecule has 14 aromatic carbocycles. The van der Waals surface area contributed by atoms with Gasteiger partial charge in [0.15, 0.2) is 0 Å². The Labute approximate surface area is 702 Å². The van der Waals surface area contributed by atoms with Gasteiger partial charge >= 0.3 is 0 Å². The molecule has 0 bridgehead atoms. The quantitative estimate of drug-likeness (QED) is 0.102. The van der Waals surface area contributed by atoms with Crippen LogP contribution in [0.2, 0.25) is 0 Å². The monoisotopic (exact) mass is 1870 g/mol. The molecule has 0 spiro atoms. The molecule has 0 aliphatic heterocycles. The van der Waals surface area contributed by atoms with Crippen LogP contribution in [0.15, 0.2) is 369 Å². The Balaban J connectivity index is 0.000000164. The number of aromatic nitrogens is 4. The average molecular weight is 1870 g/mol. The fourth-order valence-corrected chi connectivity index (χ4v) is 16.8. The average Bonchev–Trinajstić information content (AvgIpc) is 1.28. The molecule has 0 N–H and O–H groups in total. The summed E-state index contributed by atoms with van der Waals surface area (Å²) in [5.74, 6) is -0.631. The third kappa shape index (κ3) is 15.2. The first-order chi connectivity index (χ1) is 56.1. The minimum atomic E-state index is -0.317. The van der Waals surface area contributed by atoms with Crippen molar-refractivity contribution >= 4 is 53.4 Å². The Bertz CT molecular complexity index is 6590. The van der Waals surface area contributed by atoms with Gasteiger partial charge in [-0.25, -0.2) is 0 Å². The molecule has 10 heteroatoms. The molecule has 6 heterocycles. The smallest absolute Gasteiger partial charge is 0.136 e. The number of pyridine rings is 4. The molecule has 2 radical (unpaired) electrons. The minimum absolute atomic E-state index is 0. The van der Waals surface area contributed by atoms with Crippen LogP contribution in [0, 0.1) is 49.7 Å². The van der Waals surface area contributed by atoms with Crippen molar-refractivity contribution in [3.63, 3.8) is 0 Å². The van der Waals surface area contributed by atoms with Crippen LogP contribution in [0.25, 0.3) is 198 Å². The standard InChI is InChI=1S/C53H33FN2O.C53H33FN2S.2Ir/c2*1-34-27-39(43-14-6-5-13-42(43)38-22-26-50(55-32-38)36-19-23-41(54)24-20-36)29-40(28-34)44-15-7-8-16-45(44)49-33-56-51(35-11-3-2-4-12-35)31-48(49)37-21-25-47-46-17-9-10-18-52(46)57-53(47)30-37;;/h2*2-11,13-19,21-33H,1H3;;/q2*-2;;. The summed E-state index contributed by atoms with van der Waals surface area (Å²) in [6.45, 7) is 4.31. The molecular formula is C106H66F2Ir2N4OS-4. The van der Waals surface area contributed by atoms with E-state index in [2.05, 4.69) is 269 Å². The fraction of sp³-hybridized carbons (Fsp3) is 0.0189. The van der Waals surface area contributed by atoms with E-state index in [1.165, 1.54) is 44.4 Å². The summed E-state index contributed by atoms with van der Waals surface area (Å²) in [5, 5.41) is 4.76. The number of benzene rings is 14. The zero-order valence-corrected chi connectivity index (χ0v) is 68.3. The summed E-state index contributed by atoms with van der Waals surface area (Å²) in [7, 11) is 0. The van der Waals surface area contributed by atoms with Crippen molar-refractivity contribution in [2.24, 2.45) is 0 Å². The zero-order valence-electron chi connectivity index (χ0n) is 62.7. The van der Waals surface area contributed by atoms with Gasteiger partial charge in [0.25, 0.3) is 0 Å². The van der Waals surface area contributed by atoms with E-state index in [9.17, 15) is 8.78 Å². The van der Waals surface area contributed by atoms with Crippen LogP contribution >= 0.6 is 11.3 Å². The molecule has 0 fully saturated rings. The first-order valence-electron chi connectivity index (χ1n) is 37.8. The SMILES string of the molecule is Cc1cc(-c2ccccc2-c2ccc(-c3[c-]cc(F)cc3)nc2)cc(-c2ccccc2-c2cnc(-c3[c-]cccc3)cc2-c2ccc3c(c2)oc2ccccc23)c1.Cc1cc(-c2ccccc2-c2ccc(-c3[c-]cc(F)cc3)nc2)cc(-c2ccccc2-c2cnc(-c3[c-]cccc3)cc2-c2ccc3c(c2)sc2ccccc23)c1.[Ir].[Ir]. The van der Waals surface area contributed by atoms with E-state index in [0.717, 1.165) is 189 Å². The summed E-state index contributed by atoms with van der Waals surface area (Å²) in [6, 6.07) is 128. The number of thiophene rings is 1. The predicted octanol–water partition coefficient (Wildman–Crippen LogP) is 28.6. The number of hydrogen-bond donors (Lipinski definition) is 0. The summed E-state index contributed by atoms with van der Waals surface area (Å²) in [5.41, 5.74) is 32.4. The van der Waals surface area contributed by atoms with Gasteiger partial charge in [-0.3, -0.25) is 8.78 Å². The number of furan rings is 1. The molecule has 0 aliphatic rings. The van der Waals surface area contributed by atoms with Crippen molar-refractivity contribution in [1.29, 1.82) is 0 Å². The van der Waals surface area contributed by atoms with Crippen molar-refractivity contribution in [3.05, 3.63) is 412 Å². The Morgan fingerprint density at radius 2 is 0.638 bits per heavy atom. The van der Waals surface area contributed by atoms with E-state index in [-0.39, 0.29) is 51.8 Å². The maximum Gasteiger partial charge on any atom is 0.136 e. The summed E-state index contributed by atoms with van der Waals surface area (Å²) >= 11 is 1.83. The Morgan fingerprint density at radius 3 is 1.09 bits per heavy atom. The molecule has 6 aromatic heterocycles. The molecule has 0 amide bonds. The number of fused-ring (bicyclic) bond motifs is 6. The van der Waals surface area contributed by atoms with Gasteiger partial charge in [-0.1, -0.05) is 212 Å². The minimum Gasteiger partial charge on any atom is -0.456 e. The molecule has 0 unspecified atom stereocenters. The van der Waals surface area contributed by atoms with Crippen molar-refractivity contribution in [2.75, 3.05) is 0 Å². The van der Waals surface area contributed by atoms with Crippen molar-refractivity contribution < 1.29 is 53.4 Å². The molecule has 0 saturated carbocycles. The van der Waals surface area contributed by atoms with E-state index < -0.39 is 0 Å². The molecule has 0 aliphatic carbocycles. The first kappa shape index (κ1) is 75.5. The van der Waals surface area contributed by atoms with Gasteiger partial charge in [0.2, 0.25) is 0 Å². The van der Waals surface area contributed by atoms with Crippen LogP contribution in [0.5, 0.6) is 0 Å². The largest absolute Gasteiger partial charge is 0.456 e. The van der Waals surface area contributed by atoms with Crippen LogP contribution in [0.4, 0.5) is 8.78 Å². The van der Waals surface area contributed by atoms with Crippen LogP contribution in [-0.2, 0) is 40.2 Å². The van der Waals surface area contributed by atoms with Crippen LogP contribution in [-0.4, -0.2) is 19.9 Å². The topological polar surface area (TPSA) is 64.7 Å². The van der Waals surface area contributed by atoms with Crippen molar-refractivity contribution in [2.45, 2.75) is 13.8 Å². The van der Waals surface area contributed by atoms with E-state index in [1.807, 2.05) is 109 Å². The number of hydrogen-bond acceptors (Lipinski definition) is 6. The van der Waals surface area contributed by atoms with Crippen LogP contribution in [0.3, 0.4) is 0 Å². The number of nitrogens with zero attached hydrogens (tertiary/aromatic N) is 4. The van der Waals surface area contributed by atoms with Gasteiger partial charge in [-0.15, -0.1) is 143 Å². The van der Waals surface area contributed by atoms with Crippen molar-refractivity contribution in [1.82, 2.24) is 19.9 Å². The van der Waals surface area contributed by atoms with Gasteiger partial charge in [0.05, 0.1) is 0 Å². The summed E-state index contributed by atoms with van der Waals surface area (Å²) in [4.78, 5) is 19.5. The van der Waals surface area contributed by atoms with Gasteiger partial charge in [0.1, 0.15) is 11.2 Å². The van der Waals surface area contributed by atoms with E-state index >= 15 is 0 Å².